The van der Waals surface area contributed by atoms with E-state index in [1.165, 1.54) is 4.31 Å². The second-order valence-electron chi connectivity index (χ2n) is 7.98. The smallest absolute Gasteiger partial charge is 0.309 e. The van der Waals surface area contributed by atoms with Crippen LogP contribution >= 0.6 is 0 Å². The summed E-state index contributed by atoms with van der Waals surface area (Å²) < 4.78 is 32.9. The van der Waals surface area contributed by atoms with Crippen LogP contribution in [-0.4, -0.2) is 56.5 Å². The maximum atomic E-state index is 13.0. The molecule has 166 valence electrons. The first-order valence-corrected chi connectivity index (χ1v) is 12.1. The summed E-state index contributed by atoms with van der Waals surface area (Å²) in [7, 11) is -3.77. The summed E-state index contributed by atoms with van der Waals surface area (Å²) in [6.45, 7) is 2.50. The molecule has 2 N–H and O–H groups in total. The quantitative estimate of drug-likeness (QED) is 0.539. The zero-order valence-corrected chi connectivity index (χ0v) is 18.2. The van der Waals surface area contributed by atoms with Crippen molar-refractivity contribution in [3.8, 4) is 0 Å². The molecule has 1 saturated carbocycles. The van der Waals surface area contributed by atoms with E-state index in [-0.39, 0.29) is 17.5 Å². The van der Waals surface area contributed by atoms with Crippen LogP contribution in [0, 0.1) is 6.92 Å². The molecular weight excluding hydrogens is 406 g/mol. The Hall–Kier alpha value is -1.97. The molecule has 2 amide bonds. The van der Waals surface area contributed by atoms with E-state index >= 15 is 0 Å². The Morgan fingerprint density at radius 3 is 2.37 bits per heavy atom. The number of rotatable bonds is 5. The van der Waals surface area contributed by atoms with Gasteiger partial charge in [0.1, 0.15) is 6.23 Å². The normalized spacial score (nSPS) is 21.6. The van der Waals surface area contributed by atoms with Crippen molar-refractivity contribution < 1.29 is 22.7 Å². The van der Waals surface area contributed by atoms with Gasteiger partial charge in [-0.1, -0.05) is 43.4 Å². The lowest BCUT2D eigenvalue weighted by atomic mass is 10.1. The third-order valence-electron chi connectivity index (χ3n) is 5.62. The molecule has 1 aromatic carbocycles. The van der Waals surface area contributed by atoms with E-state index < -0.39 is 28.1 Å². The van der Waals surface area contributed by atoms with Crippen LogP contribution in [-0.2, 0) is 24.3 Å². The van der Waals surface area contributed by atoms with E-state index in [9.17, 15) is 18.0 Å². The highest BCUT2D eigenvalue weighted by molar-refractivity contribution is 7.89. The van der Waals surface area contributed by atoms with E-state index in [1.807, 2.05) is 6.92 Å². The lowest BCUT2D eigenvalue weighted by Gasteiger charge is -2.34. The molecule has 1 atom stereocenters. The molecule has 2 aliphatic rings. The van der Waals surface area contributed by atoms with Crippen molar-refractivity contribution in [3.05, 3.63) is 29.8 Å². The molecule has 1 aromatic rings. The van der Waals surface area contributed by atoms with Crippen LogP contribution in [0.1, 0.15) is 50.5 Å². The number of amides is 2. The summed E-state index contributed by atoms with van der Waals surface area (Å²) in [5, 5.41) is 5.33. The Morgan fingerprint density at radius 2 is 1.70 bits per heavy atom. The SMILES string of the molecule is Cc1ccc(S(=O)(=O)N2CCCO[C@@H]2CNC(=O)C(=O)NC2CCCCCC2)cc1. The minimum absolute atomic E-state index is 0.0232. The predicted octanol–water partition coefficient (Wildman–Crippen LogP) is 1.69. The fourth-order valence-corrected chi connectivity index (χ4v) is 5.45. The van der Waals surface area contributed by atoms with Gasteiger partial charge in [-0.05, 0) is 38.3 Å². The molecule has 0 spiro atoms. The van der Waals surface area contributed by atoms with Gasteiger partial charge in [-0.2, -0.15) is 4.31 Å². The molecule has 9 heteroatoms. The van der Waals surface area contributed by atoms with Gasteiger partial charge in [-0.25, -0.2) is 8.42 Å². The van der Waals surface area contributed by atoms with Gasteiger partial charge >= 0.3 is 11.8 Å². The number of nitrogens with zero attached hydrogens (tertiary/aromatic N) is 1. The van der Waals surface area contributed by atoms with Gasteiger partial charge in [-0.15, -0.1) is 0 Å². The van der Waals surface area contributed by atoms with Crippen molar-refractivity contribution in [1.29, 1.82) is 0 Å². The average molecular weight is 438 g/mol. The number of aryl methyl sites for hydroxylation is 1. The molecule has 3 rings (SSSR count). The highest BCUT2D eigenvalue weighted by atomic mass is 32.2. The maximum absolute atomic E-state index is 13.0. The second-order valence-corrected chi connectivity index (χ2v) is 9.87. The van der Waals surface area contributed by atoms with Gasteiger partial charge < -0.3 is 15.4 Å². The highest BCUT2D eigenvalue weighted by Crippen LogP contribution is 2.22. The molecule has 0 radical (unpaired) electrons. The van der Waals surface area contributed by atoms with E-state index in [1.54, 1.807) is 24.3 Å². The third kappa shape index (κ3) is 5.80. The summed E-state index contributed by atoms with van der Waals surface area (Å²) >= 11 is 0. The first kappa shape index (κ1) is 22.7. The number of benzene rings is 1. The largest absolute Gasteiger partial charge is 0.360 e. The van der Waals surface area contributed by atoms with Crippen LogP contribution in [0.25, 0.3) is 0 Å². The van der Waals surface area contributed by atoms with Gasteiger partial charge in [0.05, 0.1) is 18.0 Å². The van der Waals surface area contributed by atoms with Gasteiger partial charge in [0, 0.05) is 12.6 Å². The van der Waals surface area contributed by atoms with Crippen molar-refractivity contribution in [1.82, 2.24) is 14.9 Å². The number of nitrogens with one attached hydrogen (secondary N) is 2. The van der Waals surface area contributed by atoms with Crippen LogP contribution in [0.2, 0.25) is 0 Å². The van der Waals surface area contributed by atoms with E-state index in [0.29, 0.717) is 19.6 Å². The Kier molecular flexibility index (Phi) is 7.85. The zero-order chi connectivity index (χ0) is 21.6. The summed E-state index contributed by atoms with van der Waals surface area (Å²) in [6.07, 6.45) is 5.90. The number of sulfonamides is 1. The summed E-state index contributed by atoms with van der Waals surface area (Å²) in [4.78, 5) is 24.7. The lowest BCUT2D eigenvalue weighted by Crippen LogP contribution is -2.53. The number of carbonyl (C=O) groups is 2. The Morgan fingerprint density at radius 1 is 1.03 bits per heavy atom. The molecule has 30 heavy (non-hydrogen) atoms. The zero-order valence-electron chi connectivity index (χ0n) is 17.4. The Balaban J connectivity index is 1.59. The molecular formula is C21H31N3O5S. The van der Waals surface area contributed by atoms with Gasteiger partial charge in [-0.3, -0.25) is 9.59 Å². The van der Waals surface area contributed by atoms with Crippen molar-refractivity contribution in [2.75, 3.05) is 19.7 Å². The lowest BCUT2D eigenvalue weighted by molar-refractivity contribution is -0.140. The minimum Gasteiger partial charge on any atom is -0.360 e. The van der Waals surface area contributed by atoms with Crippen LogP contribution < -0.4 is 10.6 Å². The number of carbonyl (C=O) groups excluding carboxylic acids is 2. The molecule has 8 nitrogen and oxygen atoms in total. The van der Waals surface area contributed by atoms with Crippen LogP contribution in [0.15, 0.2) is 29.2 Å². The fourth-order valence-electron chi connectivity index (χ4n) is 3.88. The molecule has 0 unspecified atom stereocenters. The fraction of sp³-hybridized carbons (Fsp3) is 0.619. The number of ether oxygens (including phenoxy) is 1. The van der Waals surface area contributed by atoms with Gasteiger partial charge in [0.25, 0.3) is 0 Å². The molecule has 1 saturated heterocycles. The Bertz CT molecular complexity index is 833. The Labute approximate surface area is 178 Å². The topological polar surface area (TPSA) is 105 Å². The van der Waals surface area contributed by atoms with Gasteiger partial charge in [0.15, 0.2) is 0 Å². The second kappa shape index (κ2) is 10.4. The standard InChI is InChI=1S/C21H31N3O5S/c1-16-9-11-18(12-10-16)30(27,28)24-13-6-14-29-19(24)15-22-20(25)21(26)23-17-7-4-2-3-5-8-17/h9-12,17,19H,2-8,13-15H2,1H3,(H,22,25)(H,23,26)/t19-/m1/s1. The molecule has 0 bridgehead atoms. The molecule has 1 aliphatic heterocycles. The summed E-state index contributed by atoms with van der Waals surface area (Å²) in [5.41, 5.74) is 0.965. The van der Waals surface area contributed by atoms with E-state index in [4.69, 9.17) is 4.74 Å². The summed E-state index contributed by atoms with van der Waals surface area (Å²) in [5.74, 6) is -1.44. The molecule has 2 fully saturated rings. The van der Waals surface area contributed by atoms with E-state index in [2.05, 4.69) is 10.6 Å². The maximum Gasteiger partial charge on any atom is 0.309 e. The molecule has 1 heterocycles. The first-order valence-electron chi connectivity index (χ1n) is 10.7. The van der Waals surface area contributed by atoms with Crippen LogP contribution in [0.5, 0.6) is 0 Å². The minimum atomic E-state index is -3.77. The van der Waals surface area contributed by atoms with Gasteiger partial charge in [0.2, 0.25) is 10.0 Å². The van der Waals surface area contributed by atoms with Crippen LogP contribution in [0.4, 0.5) is 0 Å². The van der Waals surface area contributed by atoms with Crippen molar-refractivity contribution in [2.45, 2.75) is 69.0 Å². The average Bonchev–Trinajstić information content (AvgIpc) is 3.01. The third-order valence-corrected chi connectivity index (χ3v) is 7.52. The predicted molar refractivity (Wildman–Crippen MR) is 112 cm³/mol. The van der Waals surface area contributed by atoms with Crippen molar-refractivity contribution in [2.24, 2.45) is 0 Å². The number of hydrogen-bond donors (Lipinski definition) is 2. The monoisotopic (exact) mass is 437 g/mol. The van der Waals surface area contributed by atoms with Crippen molar-refractivity contribution in [3.63, 3.8) is 0 Å². The number of hydrogen-bond acceptors (Lipinski definition) is 5. The molecule has 0 aromatic heterocycles. The van der Waals surface area contributed by atoms with E-state index in [0.717, 1.165) is 44.1 Å². The van der Waals surface area contributed by atoms with Crippen LogP contribution in [0.3, 0.4) is 0 Å². The van der Waals surface area contributed by atoms with Crippen molar-refractivity contribution >= 4 is 21.8 Å². The molecule has 1 aliphatic carbocycles. The summed E-state index contributed by atoms with van der Waals surface area (Å²) in [6, 6.07) is 6.64. The highest BCUT2D eigenvalue weighted by Gasteiger charge is 2.35. The first-order chi connectivity index (χ1) is 14.4.